The zero-order valence-electron chi connectivity index (χ0n) is 8.03. The zero-order valence-corrected chi connectivity index (χ0v) is 8.03. The first-order valence-electron chi connectivity index (χ1n) is 4.98. The first kappa shape index (κ1) is 8.70. The maximum absolute atomic E-state index is 4.04. The SMILES string of the molecule is CC(c1ccncc1)C1CCNC1. The van der Waals surface area contributed by atoms with E-state index in [0.29, 0.717) is 5.92 Å². The van der Waals surface area contributed by atoms with Crippen LogP contribution < -0.4 is 5.32 Å². The quantitative estimate of drug-likeness (QED) is 0.743. The molecule has 1 N–H and O–H groups in total. The molecule has 1 saturated heterocycles. The lowest BCUT2D eigenvalue weighted by Crippen LogP contribution is -2.14. The molecule has 0 amide bonds. The van der Waals surface area contributed by atoms with Gasteiger partial charge in [-0.15, -0.1) is 0 Å². The molecule has 2 heteroatoms. The highest BCUT2D eigenvalue weighted by Gasteiger charge is 2.21. The topological polar surface area (TPSA) is 24.9 Å². The van der Waals surface area contributed by atoms with Crippen LogP contribution in [0.5, 0.6) is 0 Å². The summed E-state index contributed by atoms with van der Waals surface area (Å²) in [5.74, 6) is 1.47. The molecule has 2 heterocycles. The van der Waals surface area contributed by atoms with Crippen LogP contribution in [0.2, 0.25) is 0 Å². The summed E-state index contributed by atoms with van der Waals surface area (Å²) in [4.78, 5) is 4.04. The van der Waals surface area contributed by atoms with Crippen molar-refractivity contribution in [2.24, 2.45) is 5.92 Å². The molecule has 1 aliphatic heterocycles. The Kier molecular flexibility index (Phi) is 2.60. The fourth-order valence-electron chi connectivity index (χ4n) is 2.04. The van der Waals surface area contributed by atoms with Gasteiger partial charge in [0.2, 0.25) is 0 Å². The Balaban J connectivity index is 2.08. The van der Waals surface area contributed by atoms with Crippen molar-refractivity contribution in [1.82, 2.24) is 10.3 Å². The molecule has 2 atom stereocenters. The van der Waals surface area contributed by atoms with Crippen LogP contribution in [0.4, 0.5) is 0 Å². The van der Waals surface area contributed by atoms with E-state index in [4.69, 9.17) is 0 Å². The van der Waals surface area contributed by atoms with Crippen molar-refractivity contribution in [1.29, 1.82) is 0 Å². The van der Waals surface area contributed by atoms with Crippen molar-refractivity contribution in [3.63, 3.8) is 0 Å². The van der Waals surface area contributed by atoms with Crippen LogP contribution in [0.1, 0.15) is 24.8 Å². The van der Waals surface area contributed by atoms with E-state index in [2.05, 4.69) is 29.4 Å². The second kappa shape index (κ2) is 3.88. The summed E-state index contributed by atoms with van der Waals surface area (Å²) >= 11 is 0. The summed E-state index contributed by atoms with van der Waals surface area (Å²) in [5, 5.41) is 3.41. The Morgan fingerprint density at radius 2 is 2.23 bits per heavy atom. The van der Waals surface area contributed by atoms with Gasteiger partial charge in [0.15, 0.2) is 0 Å². The summed E-state index contributed by atoms with van der Waals surface area (Å²) in [7, 11) is 0. The third kappa shape index (κ3) is 1.89. The lowest BCUT2D eigenvalue weighted by atomic mass is 9.88. The lowest BCUT2D eigenvalue weighted by molar-refractivity contribution is 0.487. The van der Waals surface area contributed by atoms with Crippen molar-refractivity contribution in [3.8, 4) is 0 Å². The molecule has 0 aromatic carbocycles. The van der Waals surface area contributed by atoms with Gasteiger partial charge in [-0.2, -0.15) is 0 Å². The van der Waals surface area contributed by atoms with Crippen LogP contribution in [-0.2, 0) is 0 Å². The predicted octanol–water partition coefficient (Wildman–Crippen LogP) is 1.79. The van der Waals surface area contributed by atoms with E-state index in [9.17, 15) is 0 Å². The number of pyridine rings is 1. The largest absolute Gasteiger partial charge is 0.316 e. The number of hydrogen-bond acceptors (Lipinski definition) is 2. The number of nitrogens with one attached hydrogen (secondary N) is 1. The van der Waals surface area contributed by atoms with Gasteiger partial charge < -0.3 is 5.32 Å². The van der Waals surface area contributed by atoms with E-state index in [1.54, 1.807) is 0 Å². The average Bonchev–Trinajstić information content (AvgIpc) is 2.71. The second-order valence-electron chi connectivity index (χ2n) is 3.82. The average molecular weight is 176 g/mol. The highest BCUT2D eigenvalue weighted by Crippen LogP contribution is 2.27. The monoisotopic (exact) mass is 176 g/mol. The first-order chi connectivity index (χ1) is 6.38. The summed E-state index contributed by atoms with van der Waals surface area (Å²) in [6, 6.07) is 4.26. The van der Waals surface area contributed by atoms with Gasteiger partial charge in [-0.3, -0.25) is 4.98 Å². The van der Waals surface area contributed by atoms with Crippen molar-refractivity contribution in [2.45, 2.75) is 19.3 Å². The smallest absolute Gasteiger partial charge is 0.0270 e. The van der Waals surface area contributed by atoms with E-state index in [0.717, 1.165) is 5.92 Å². The molecule has 0 spiro atoms. The molecule has 0 saturated carbocycles. The molecule has 13 heavy (non-hydrogen) atoms. The minimum Gasteiger partial charge on any atom is -0.316 e. The third-order valence-corrected chi connectivity index (χ3v) is 3.04. The summed E-state index contributed by atoms with van der Waals surface area (Å²) < 4.78 is 0. The van der Waals surface area contributed by atoms with Gasteiger partial charge in [0.1, 0.15) is 0 Å². The number of hydrogen-bond donors (Lipinski definition) is 1. The third-order valence-electron chi connectivity index (χ3n) is 3.04. The highest BCUT2D eigenvalue weighted by molar-refractivity contribution is 5.16. The first-order valence-corrected chi connectivity index (χ1v) is 4.98. The van der Waals surface area contributed by atoms with E-state index in [1.165, 1.54) is 25.1 Å². The maximum atomic E-state index is 4.04. The minimum atomic E-state index is 0.665. The standard InChI is InChI=1S/C11H16N2/c1-9(11-4-7-13-8-11)10-2-5-12-6-3-10/h2-3,5-6,9,11,13H,4,7-8H2,1H3. The van der Waals surface area contributed by atoms with E-state index in [-0.39, 0.29) is 0 Å². The minimum absolute atomic E-state index is 0.665. The van der Waals surface area contributed by atoms with Gasteiger partial charge in [-0.1, -0.05) is 6.92 Å². The molecule has 1 aliphatic rings. The van der Waals surface area contributed by atoms with Gasteiger partial charge >= 0.3 is 0 Å². The van der Waals surface area contributed by atoms with Gasteiger partial charge in [-0.25, -0.2) is 0 Å². The van der Waals surface area contributed by atoms with Crippen LogP contribution in [0.15, 0.2) is 24.5 Å². The van der Waals surface area contributed by atoms with Gasteiger partial charge in [-0.05, 0) is 49.0 Å². The van der Waals surface area contributed by atoms with Crippen molar-refractivity contribution in [2.75, 3.05) is 13.1 Å². The number of nitrogens with zero attached hydrogens (tertiary/aromatic N) is 1. The molecule has 1 aromatic heterocycles. The Labute approximate surface area is 79.4 Å². The van der Waals surface area contributed by atoms with Crippen molar-refractivity contribution in [3.05, 3.63) is 30.1 Å². The van der Waals surface area contributed by atoms with Gasteiger partial charge in [0, 0.05) is 12.4 Å². The van der Waals surface area contributed by atoms with Crippen LogP contribution in [0.25, 0.3) is 0 Å². The Morgan fingerprint density at radius 3 is 2.85 bits per heavy atom. The van der Waals surface area contributed by atoms with Crippen molar-refractivity contribution < 1.29 is 0 Å². The Hall–Kier alpha value is -0.890. The van der Waals surface area contributed by atoms with E-state index < -0.39 is 0 Å². The Morgan fingerprint density at radius 1 is 1.46 bits per heavy atom. The molecule has 0 radical (unpaired) electrons. The molecule has 2 unspecified atom stereocenters. The summed E-state index contributed by atoms with van der Waals surface area (Å²) in [5.41, 5.74) is 1.42. The lowest BCUT2D eigenvalue weighted by Gasteiger charge is -2.17. The molecule has 1 aromatic rings. The van der Waals surface area contributed by atoms with Gasteiger partial charge in [0.25, 0.3) is 0 Å². The molecule has 2 nitrogen and oxygen atoms in total. The van der Waals surface area contributed by atoms with E-state index >= 15 is 0 Å². The normalized spacial score (nSPS) is 24.5. The molecule has 0 bridgehead atoms. The molecule has 70 valence electrons. The zero-order chi connectivity index (χ0) is 9.10. The summed E-state index contributed by atoms with van der Waals surface area (Å²) in [6.45, 7) is 4.66. The van der Waals surface area contributed by atoms with Crippen molar-refractivity contribution >= 4 is 0 Å². The van der Waals surface area contributed by atoms with Gasteiger partial charge in [0.05, 0.1) is 0 Å². The predicted molar refractivity (Wildman–Crippen MR) is 53.6 cm³/mol. The Bertz CT molecular complexity index is 252. The second-order valence-corrected chi connectivity index (χ2v) is 3.82. The van der Waals surface area contributed by atoms with Crippen LogP contribution >= 0.6 is 0 Å². The van der Waals surface area contributed by atoms with E-state index in [1.807, 2.05) is 12.4 Å². The number of rotatable bonds is 2. The summed E-state index contributed by atoms with van der Waals surface area (Å²) in [6.07, 6.45) is 5.08. The molecule has 2 rings (SSSR count). The van der Waals surface area contributed by atoms with Crippen LogP contribution in [0.3, 0.4) is 0 Å². The molecular formula is C11H16N2. The molecular weight excluding hydrogens is 160 g/mol. The fourth-order valence-corrected chi connectivity index (χ4v) is 2.04. The molecule has 1 fully saturated rings. The van der Waals surface area contributed by atoms with Crippen LogP contribution in [0, 0.1) is 5.92 Å². The van der Waals surface area contributed by atoms with Crippen LogP contribution in [-0.4, -0.2) is 18.1 Å². The highest BCUT2D eigenvalue weighted by atomic mass is 14.9. The maximum Gasteiger partial charge on any atom is 0.0270 e. The number of aromatic nitrogens is 1. The fraction of sp³-hybridized carbons (Fsp3) is 0.545. The molecule has 0 aliphatic carbocycles.